The molecular formula is C22H24N2O4. The SMILES string of the molecule is CCOC1CC(NC(=O)CC2NC(=O)c3ccccc32)C1Oc1ccccc1. The molecule has 2 aromatic carbocycles. The number of rotatable bonds is 7. The number of hydrogen-bond acceptors (Lipinski definition) is 4. The Morgan fingerprint density at radius 2 is 1.89 bits per heavy atom. The highest BCUT2D eigenvalue weighted by molar-refractivity contribution is 5.99. The number of amides is 2. The maximum atomic E-state index is 12.6. The Bertz CT molecular complexity index is 855. The van der Waals surface area contributed by atoms with Crippen LogP contribution in [0.4, 0.5) is 0 Å². The van der Waals surface area contributed by atoms with Crippen LogP contribution in [0.1, 0.15) is 41.7 Å². The number of carbonyl (C=O) groups is 2. The Labute approximate surface area is 164 Å². The molecule has 28 heavy (non-hydrogen) atoms. The van der Waals surface area contributed by atoms with Crippen LogP contribution in [-0.2, 0) is 9.53 Å². The van der Waals surface area contributed by atoms with Crippen molar-refractivity contribution in [3.63, 3.8) is 0 Å². The maximum absolute atomic E-state index is 12.6. The lowest BCUT2D eigenvalue weighted by Gasteiger charge is -2.44. The van der Waals surface area contributed by atoms with Crippen molar-refractivity contribution in [3.05, 3.63) is 65.7 Å². The van der Waals surface area contributed by atoms with E-state index in [0.717, 1.165) is 11.3 Å². The zero-order valence-electron chi connectivity index (χ0n) is 15.8. The molecule has 0 bridgehead atoms. The predicted octanol–water partition coefficient (Wildman–Crippen LogP) is 2.60. The summed E-state index contributed by atoms with van der Waals surface area (Å²) in [5.74, 6) is 0.524. The van der Waals surface area contributed by atoms with Crippen LogP contribution in [0, 0.1) is 0 Å². The lowest BCUT2D eigenvalue weighted by molar-refractivity contribution is -0.132. The number of ether oxygens (including phenoxy) is 2. The second-order valence-electron chi connectivity index (χ2n) is 7.12. The van der Waals surface area contributed by atoms with E-state index in [0.29, 0.717) is 18.6 Å². The van der Waals surface area contributed by atoms with Gasteiger partial charge < -0.3 is 20.1 Å². The summed E-state index contributed by atoms with van der Waals surface area (Å²) >= 11 is 0. The zero-order valence-corrected chi connectivity index (χ0v) is 15.8. The van der Waals surface area contributed by atoms with E-state index in [4.69, 9.17) is 9.47 Å². The molecule has 1 fully saturated rings. The summed E-state index contributed by atoms with van der Waals surface area (Å²) in [5, 5.41) is 5.94. The van der Waals surface area contributed by atoms with Gasteiger partial charge in [0.15, 0.2) is 0 Å². The van der Waals surface area contributed by atoms with E-state index in [1.165, 1.54) is 0 Å². The van der Waals surface area contributed by atoms with Gasteiger partial charge in [0.2, 0.25) is 5.91 Å². The fourth-order valence-electron chi connectivity index (χ4n) is 3.85. The Morgan fingerprint density at radius 3 is 2.68 bits per heavy atom. The first kappa shape index (κ1) is 18.5. The van der Waals surface area contributed by atoms with Gasteiger partial charge in [0, 0.05) is 18.6 Å². The number of fused-ring (bicyclic) bond motifs is 1. The molecule has 0 radical (unpaired) electrons. The van der Waals surface area contributed by atoms with E-state index < -0.39 is 0 Å². The van der Waals surface area contributed by atoms with Gasteiger partial charge in [-0.2, -0.15) is 0 Å². The lowest BCUT2D eigenvalue weighted by atomic mass is 9.84. The summed E-state index contributed by atoms with van der Waals surface area (Å²) in [4.78, 5) is 24.7. The molecule has 1 aliphatic carbocycles. The number of para-hydroxylation sites is 1. The average Bonchev–Trinajstić information content (AvgIpc) is 3.02. The van der Waals surface area contributed by atoms with Crippen LogP contribution in [0.2, 0.25) is 0 Å². The van der Waals surface area contributed by atoms with Gasteiger partial charge in [-0.1, -0.05) is 36.4 Å². The molecule has 0 saturated heterocycles. The molecule has 6 nitrogen and oxygen atoms in total. The van der Waals surface area contributed by atoms with Gasteiger partial charge >= 0.3 is 0 Å². The minimum absolute atomic E-state index is 0.0394. The molecule has 6 heteroatoms. The van der Waals surface area contributed by atoms with Gasteiger partial charge in [0.1, 0.15) is 11.9 Å². The molecule has 1 aliphatic heterocycles. The van der Waals surface area contributed by atoms with Crippen molar-refractivity contribution in [1.82, 2.24) is 10.6 Å². The molecule has 4 rings (SSSR count). The first-order valence-corrected chi connectivity index (χ1v) is 9.68. The largest absolute Gasteiger partial charge is 0.486 e. The van der Waals surface area contributed by atoms with Crippen LogP contribution in [0.3, 0.4) is 0 Å². The Balaban J connectivity index is 1.38. The molecule has 0 spiro atoms. The van der Waals surface area contributed by atoms with Gasteiger partial charge in [-0.05, 0) is 30.7 Å². The van der Waals surface area contributed by atoms with Crippen LogP contribution in [0.15, 0.2) is 54.6 Å². The minimum atomic E-state index is -0.292. The maximum Gasteiger partial charge on any atom is 0.252 e. The minimum Gasteiger partial charge on any atom is -0.486 e. The molecule has 2 amide bonds. The molecule has 2 N–H and O–H groups in total. The number of benzene rings is 2. The number of carbonyl (C=O) groups excluding carboxylic acids is 2. The summed E-state index contributed by atoms with van der Waals surface area (Å²) in [6.45, 7) is 2.55. The van der Waals surface area contributed by atoms with Crippen molar-refractivity contribution in [2.24, 2.45) is 0 Å². The Hall–Kier alpha value is -2.86. The standard InChI is InChI=1S/C22H24N2O4/c1-2-27-19-12-18(21(19)28-14-8-4-3-5-9-14)23-20(25)13-17-15-10-6-7-11-16(15)22(26)24-17/h3-11,17-19,21H,2,12-13H2,1H3,(H,23,25)(H,24,26). The highest BCUT2D eigenvalue weighted by atomic mass is 16.5. The predicted molar refractivity (Wildman–Crippen MR) is 104 cm³/mol. The topological polar surface area (TPSA) is 76.7 Å². The molecule has 2 aromatic rings. The van der Waals surface area contributed by atoms with Gasteiger partial charge in [-0.15, -0.1) is 0 Å². The van der Waals surface area contributed by atoms with Crippen LogP contribution in [0.25, 0.3) is 0 Å². The van der Waals surface area contributed by atoms with Crippen molar-refractivity contribution in [3.8, 4) is 5.75 Å². The first-order chi connectivity index (χ1) is 13.7. The van der Waals surface area contributed by atoms with Gasteiger partial charge in [0.25, 0.3) is 5.91 Å². The normalized spacial score (nSPS) is 25.4. The number of nitrogens with one attached hydrogen (secondary N) is 2. The third kappa shape index (κ3) is 3.73. The highest BCUT2D eigenvalue weighted by Gasteiger charge is 2.45. The van der Waals surface area contributed by atoms with Crippen LogP contribution >= 0.6 is 0 Å². The van der Waals surface area contributed by atoms with E-state index in [2.05, 4.69) is 10.6 Å². The van der Waals surface area contributed by atoms with E-state index in [-0.39, 0.29) is 42.5 Å². The average molecular weight is 380 g/mol. The second-order valence-corrected chi connectivity index (χ2v) is 7.12. The molecule has 146 valence electrons. The first-order valence-electron chi connectivity index (χ1n) is 9.68. The highest BCUT2D eigenvalue weighted by Crippen LogP contribution is 2.31. The summed E-state index contributed by atoms with van der Waals surface area (Å²) in [7, 11) is 0. The van der Waals surface area contributed by atoms with E-state index in [1.54, 1.807) is 6.07 Å². The fraction of sp³-hybridized carbons (Fsp3) is 0.364. The van der Waals surface area contributed by atoms with E-state index in [1.807, 2.05) is 55.5 Å². The molecule has 1 saturated carbocycles. The molecular weight excluding hydrogens is 356 g/mol. The van der Waals surface area contributed by atoms with Gasteiger partial charge in [0.05, 0.1) is 24.6 Å². The Morgan fingerprint density at radius 1 is 1.14 bits per heavy atom. The van der Waals surface area contributed by atoms with E-state index >= 15 is 0 Å². The summed E-state index contributed by atoms with van der Waals surface area (Å²) in [6.07, 6.45) is 0.653. The van der Waals surface area contributed by atoms with Crippen molar-refractivity contribution in [1.29, 1.82) is 0 Å². The Kier molecular flexibility index (Phi) is 5.30. The quantitative estimate of drug-likeness (QED) is 0.774. The third-order valence-corrected chi connectivity index (χ3v) is 5.27. The van der Waals surface area contributed by atoms with Crippen LogP contribution in [0.5, 0.6) is 5.75 Å². The summed E-state index contributed by atoms with van der Waals surface area (Å²) in [6, 6.07) is 16.5. The second kappa shape index (κ2) is 8.02. The van der Waals surface area contributed by atoms with Crippen LogP contribution in [-0.4, -0.2) is 36.7 Å². The molecule has 4 atom stereocenters. The smallest absolute Gasteiger partial charge is 0.252 e. The van der Waals surface area contributed by atoms with Gasteiger partial charge in [-0.25, -0.2) is 0 Å². The zero-order chi connectivity index (χ0) is 19.5. The molecule has 1 heterocycles. The van der Waals surface area contributed by atoms with Gasteiger partial charge in [-0.3, -0.25) is 9.59 Å². The monoisotopic (exact) mass is 380 g/mol. The molecule has 0 aromatic heterocycles. The fourth-order valence-corrected chi connectivity index (χ4v) is 3.85. The molecule has 4 unspecified atom stereocenters. The summed E-state index contributed by atoms with van der Waals surface area (Å²) in [5.41, 5.74) is 1.52. The lowest BCUT2D eigenvalue weighted by Crippen LogP contribution is -2.62. The van der Waals surface area contributed by atoms with Crippen molar-refractivity contribution in [2.75, 3.05) is 6.61 Å². The third-order valence-electron chi connectivity index (χ3n) is 5.27. The van der Waals surface area contributed by atoms with Crippen molar-refractivity contribution >= 4 is 11.8 Å². The van der Waals surface area contributed by atoms with Crippen molar-refractivity contribution in [2.45, 2.75) is 44.1 Å². The van der Waals surface area contributed by atoms with E-state index in [9.17, 15) is 9.59 Å². The molecule has 2 aliphatic rings. The van der Waals surface area contributed by atoms with Crippen molar-refractivity contribution < 1.29 is 19.1 Å². The number of hydrogen-bond donors (Lipinski definition) is 2. The van der Waals surface area contributed by atoms with Crippen LogP contribution < -0.4 is 15.4 Å². The summed E-state index contributed by atoms with van der Waals surface area (Å²) < 4.78 is 11.8.